The van der Waals surface area contributed by atoms with Crippen LogP contribution in [0.1, 0.15) is 29.9 Å². The standard InChI is InChI=1S/C10H14N2O4S/c1-5(2)4-16-10(15)11-8-7(9(13)14)6(3)12-17-8/h5H,4H2,1-3H3,(H,11,15)(H,13,14). The highest BCUT2D eigenvalue weighted by Crippen LogP contribution is 2.24. The summed E-state index contributed by atoms with van der Waals surface area (Å²) in [6.45, 7) is 5.68. The molecule has 1 heterocycles. The predicted molar refractivity (Wildman–Crippen MR) is 63.6 cm³/mol. The van der Waals surface area contributed by atoms with Gasteiger partial charge in [0.15, 0.2) is 0 Å². The van der Waals surface area contributed by atoms with E-state index in [4.69, 9.17) is 9.84 Å². The normalized spacial score (nSPS) is 10.4. The summed E-state index contributed by atoms with van der Waals surface area (Å²) >= 11 is 0.924. The molecule has 1 aromatic rings. The largest absolute Gasteiger partial charge is 0.478 e. The van der Waals surface area contributed by atoms with Crippen LogP contribution in [0.3, 0.4) is 0 Å². The minimum Gasteiger partial charge on any atom is -0.478 e. The van der Waals surface area contributed by atoms with Gasteiger partial charge in [-0.1, -0.05) is 13.8 Å². The van der Waals surface area contributed by atoms with Crippen molar-refractivity contribution < 1.29 is 19.4 Å². The highest BCUT2D eigenvalue weighted by molar-refractivity contribution is 7.10. The summed E-state index contributed by atoms with van der Waals surface area (Å²) in [7, 11) is 0. The lowest BCUT2D eigenvalue weighted by Crippen LogP contribution is -2.17. The number of carbonyl (C=O) groups excluding carboxylic acids is 1. The molecule has 0 fully saturated rings. The lowest BCUT2D eigenvalue weighted by atomic mass is 10.2. The summed E-state index contributed by atoms with van der Waals surface area (Å²) in [5.74, 6) is -0.890. The Kier molecular flexibility index (Phi) is 4.45. The molecular formula is C10H14N2O4S. The Bertz CT molecular complexity index is 428. The van der Waals surface area contributed by atoms with Gasteiger partial charge in [0, 0.05) is 0 Å². The second-order valence-corrected chi connectivity index (χ2v) is 4.67. The van der Waals surface area contributed by atoms with Crippen molar-refractivity contribution in [2.24, 2.45) is 5.92 Å². The lowest BCUT2D eigenvalue weighted by Gasteiger charge is -2.07. The first-order valence-corrected chi connectivity index (χ1v) is 5.82. The average molecular weight is 258 g/mol. The number of aryl methyl sites for hydroxylation is 1. The Morgan fingerprint density at radius 3 is 2.71 bits per heavy atom. The molecular weight excluding hydrogens is 244 g/mol. The Morgan fingerprint density at radius 2 is 2.18 bits per heavy atom. The van der Waals surface area contributed by atoms with Crippen LogP contribution in [0.4, 0.5) is 9.80 Å². The van der Waals surface area contributed by atoms with Crippen LogP contribution in [-0.4, -0.2) is 28.1 Å². The quantitative estimate of drug-likeness (QED) is 0.865. The Balaban J connectivity index is 2.69. The first-order valence-electron chi connectivity index (χ1n) is 5.05. The minimum atomic E-state index is -1.12. The number of aromatic nitrogens is 1. The van der Waals surface area contributed by atoms with Crippen molar-refractivity contribution in [2.75, 3.05) is 11.9 Å². The maximum absolute atomic E-state index is 11.4. The molecule has 0 bridgehead atoms. The Hall–Kier alpha value is -1.63. The molecule has 0 atom stereocenters. The van der Waals surface area contributed by atoms with E-state index in [1.54, 1.807) is 6.92 Å². The van der Waals surface area contributed by atoms with Crippen LogP contribution in [0.15, 0.2) is 0 Å². The van der Waals surface area contributed by atoms with E-state index in [1.807, 2.05) is 13.8 Å². The molecule has 0 saturated heterocycles. The number of carboxylic acid groups (broad SMARTS) is 1. The van der Waals surface area contributed by atoms with Crippen LogP contribution in [0.5, 0.6) is 0 Å². The number of amides is 1. The molecule has 17 heavy (non-hydrogen) atoms. The zero-order valence-electron chi connectivity index (χ0n) is 9.81. The lowest BCUT2D eigenvalue weighted by molar-refractivity contribution is 0.0697. The van der Waals surface area contributed by atoms with Gasteiger partial charge in [0.1, 0.15) is 10.6 Å². The van der Waals surface area contributed by atoms with Crippen molar-refractivity contribution in [3.8, 4) is 0 Å². The molecule has 0 aliphatic heterocycles. The van der Waals surface area contributed by atoms with E-state index in [9.17, 15) is 9.59 Å². The smallest absolute Gasteiger partial charge is 0.412 e. The molecule has 6 nitrogen and oxygen atoms in total. The van der Waals surface area contributed by atoms with Crippen LogP contribution in [0, 0.1) is 12.8 Å². The van der Waals surface area contributed by atoms with Crippen LogP contribution >= 0.6 is 11.5 Å². The van der Waals surface area contributed by atoms with E-state index in [0.29, 0.717) is 5.69 Å². The zero-order valence-corrected chi connectivity index (χ0v) is 10.6. The molecule has 0 unspecified atom stereocenters. The minimum absolute atomic E-state index is 0.0106. The molecule has 1 amide bonds. The van der Waals surface area contributed by atoms with E-state index in [1.165, 1.54) is 0 Å². The zero-order chi connectivity index (χ0) is 13.0. The molecule has 0 aliphatic rings. The van der Waals surface area contributed by atoms with Gasteiger partial charge in [0.05, 0.1) is 12.3 Å². The summed E-state index contributed by atoms with van der Waals surface area (Å²) in [6.07, 6.45) is -0.662. The third-order valence-electron chi connectivity index (χ3n) is 1.84. The SMILES string of the molecule is Cc1nsc(NC(=O)OCC(C)C)c1C(=O)O. The number of hydrogen-bond acceptors (Lipinski definition) is 5. The molecule has 1 rings (SSSR count). The van der Waals surface area contributed by atoms with Crippen molar-refractivity contribution in [3.63, 3.8) is 0 Å². The Morgan fingerprint density at radius 1 is 1.53 bits per heavy atom. The Labute approximate surface area is 103 Å². The van der Waals surface area contributed by atoms with Gasteiger partial charge in [-0.2, -0.15) is 4.37 Å². The van der Waals surface area contributed by atoms with Gasteiger partial charge in [-0.25, -0.2) is 9.59 Å². The third-order valence-corrected chi connectivity index (χ3v) is 2.69. The van der Waals surface area contributed by atoms with E-state index in [2.05, 4.69) is 9.69 Å². The summed E-state index contributed by atoms with van der Waals surface area (Å²) in [5, 5.41) is 11.5. The van der Waals surface area contributed by atoms with Crippen molar-refractivity contribution in [2.45, 2.75) is 20.8 Å². The van der Waals surface area contributed by atoms with E-state index < -0.39 is 12.1 Å². The van der Waals surface area contributed by atoms with Gasteiger partial charge in [0.25, 0.3) is 0 Å². The van der Waals surface area contributed by atoms with Crippen molar-refractivity contribution in [1.82, 2.24) is 4.37 Å². The van der Waals surface area contributed by atoms with Gasteiger partial charge in [-0.15, -0.1) is 0 Å². The summed E-state index contributed by atoms with van der Waals surface area (Å²) < 4.78 is 8.76. The second kappa shape index (κ2) is 5.62. The molecule has 7 heteroatoms. The molecule has 0 aromatic carbocycles. The number of hydrogen-bond donors (Lipinski definition) is 2. The van der Waals surface area contributed by atoms with Gasteiger partial charge in [-0.3, -0.25) is 5.32 Å². The fourth-order valence-corrected chi connectivity index (χ4v) is 1.85. The maximum Gasteiger partial charge on any atom is 0.412 e. The van der Waals surface area contributed by atoms with E-state index >= 15 is 0 Å². The molecule has 2 N–H and O–H groups in total. The number of nitrogens with one attached hydrogen (secondary N) is 1. The summed E-state index contributed by atoms with van der Waals surface area (Å²) in [4.78, 5) is 22.3. The van der Waals surface area contributed by atoms with Crippen LogP contribution in [0.25, 0.3) is 0 Å². The summed E-state index contributed by atoms with van der Waals surface area (Å²) in [5.41, 5.74) is 0.387. The van der Waals surface area contributed by atoms with Crippen LogP contribution in [0.2, 0.25) is 0 Å². The van der Waals surface area contributed by atoms with Gasteiger partial charge >= 0.3 is 12.1 Å². The second-order valence-electron chi connectivity index (χ2n) is 3.89. The first kappa shape index (κ1) is 13.4. The monoisotopic (exact) mass is 258 g/mol. The van der Waals surface area contributed by atoms with Gasteiger partial charge in [0.2, 0.25) is 0 Å². The number of ether oxygens (including phenoxy) is 1. The average Bonchev–Trinajstić information content (AvgIpc) is 2.56. The fourth-order valence-electron chi connectivity index (χ4n) is 1.08. The van der Waals surface area contributed by atoms with E-state index in [0.717, 1.165) is 11.5 Å². The number of anilines is 1. The summed E-state index contributed by atoms with van der Waals surface area (Å²) in [6, 6.07) is 0. The predicted octanol–water partition coefficient (Wildman–Crippen LogP) is 2.35. The number of rotatable bonds is 4. The molecule has 94 valence electrons. The number of nitrogens with zero attached hydrogens (tertiary/aromatic N) is 1. The maximum atomic E-state index is 11.4. The first-order chi connectivity index (χ1) is 7.91. The third kappa shape index (κ3) is 3.70. The van der Waals surface area contributed by atoms with Crippen LogP contribution < -0.4 is 5.32 Å². The molecule has 0 saturated carbocycles. The van der Waals surface area contributed by atoms with Crippen molar-refractivity contribution >= 4 is 28.6 Å². The van der Waals surface area contributed by atoms with Gasteiger partial charge < -0.3 is 9.84 Å². The number of carboxylic acids is 1. The van der Waals surface area contributed by atoms with Crippen molar-refractivity contribution in [3.05, 3.63) is 11.3 Å². The molecule has 0 aliphatic carbocycles. The molecule has 0 spiro atoms. The van der Waals surface area contributed by atoms with Crippen LogP contribution in [-0.2, 0) is 4.74 Å². The van der Waals surface area contributed by atoms with Gasteiger partial charge in [-0.05, 0) is 24.4 Å². The van der Waals surface area contributed by atoms with Crippen molar-refractivity contribution in [1.29, 1.82) is 0 Å². The number of carbonyl (C=O) groups is 2. The highest BCUT2D eigenvalue weighted by atomic mass is 32.1. The van der Waals surface area contributed by atoms with E-state index in [-0.39, 0.29) is 23.1 Å². The number of aromatic carboxylic acids is 1. The molecule has 1 aromatic heterocycles. The topological polar surface area (TPSA) is 88.5 Å². The molecule has 0 radical (unpaired) electrons. The highest BCUT2D eigenvalue weighted by Gasteiger charge is 2.19. The fraction of sp³-hybridized carbons (Fsp3) is 0.500.